The zero-order valence-electron chi connectivity index (χ0n) is 14.3. The number of halogens is 1. The van der Waals surface area contributed by atoms with E-state index in [-0.39, 0.29) is 12.6 Å². The summed E-state index contributed by atoms with van der Waals surface area (Å²) in [6.07, 6.45) is 1.08. The molecule has 4 rings (SSSR count). The van der Waals surface area contributed by atoms with Gasteiger partial charge in [-0.25, -0.2) is 4.79 Å². The van der Waals surface area contributed by atoms with E-state index in [2.05, 4.69) is 15.5 Å². The molecule has 0 bridgehead atoms. The van der Waals surface area contributed by atoms with Crippen LogP contribution in [0, 0.1) is 6.92 Å². The minimum Gasteiger partial charge on any atom is -0.484 e. The molecule has 1 aliphatic heterocycles. The fraction of sp³-hybridized carbons (Fsp3) is 0.333. The molecule has 0 radical (unpaired) electrons. The van der Waals surface area contributed by atoms with Gasteiger partial charge in [0.05, 0.1) is 17.3 Å². The van der Waals surface area contributed by atoms with Crippen molar-refractivity contribution in [2.75, 3.05) is 13.1 Å². The van der Waals surface area contributed by atoms with E-state index in [0.717, 1.165) is 41.8 Å². The lowest BCUT2D eigenvalue weighted by molar-refractivity contribution is 0.167. The number of aromatic amines is 1. The quantitative estimate of drug-likeness (QED) is 0.714. The van der Waals surface area contributed by atoms with E-state index in [4.69, 9.17) is 20.9 Å². The zero-order valence-corrected chi connectivity index (χ0v) is 15.1. The van der Waals surface area contributed by atoms with Gasteiger partial charge in [-0.05, 0) is 25.5 Å². The fourth-order valence-corrected chi connectivity index (χ4v) is 3.06. The molecule has 26 heavy (non-hydrogen) atoms. The standard InChI is InChI=1S/C18H19ClN4O3/c1-11-5-14(26-22-11)10-25-17-8-16-12(7-15(17)19)6-13(21-16)9-20-18(24)23-3-2-4-23/h5-8,21H,2-4,9-10H2,1H3,(H,20,24). The van der Waals surface area contributed by atoms with E-state index < -0.39 is 0 Å². The van der Waals surface area contributed by atoms with Gasteiger partial charge in [0.2, 0.25) is 0 Å². The molecule has 0 saturated carbocycles. The predicted octanol–water partition coefficient (Wildman–Crippen LogP) is 3.61. The number of urea groups is 1. The Kier molecular flexibility index (Phi) is 4.46. The van der Waals surface area contributed by atoms with Crippen LogP contribution < -0.4 is 10.1 Å². The summed E-state index contributed by atoms with van der Waals surface area (Å²) in [6.45, 7) is 4.22. The molecule has 1 aromatic carbocycles. The smallest absolute Gasteiger partial charge is 0.317 e. The highest BCUT2D eigenvalue weighted by molar-refractivity contribution is 6.32. The Balaban J connectivity index is 1.44. The molecule has 2 aromatic heterocycles. The van der Waals surface area contributed by atoms with Crippen LogP contribution in [0.1, 0.15) is 23.6 Å². The minimum absolute atomic E-state index is 0.0284. The maximum atomic E-state index is 11.9. The summed E-state index contributed by atoms with van der Waals surface area (Å²) < 4.78 is 10.9. The molecule has 3 heterocycles. The van der Waals surface area contributed by atoms with Gasteiger partial charge in [-0.2, -0.15) is 0 Å². The molecule has 3 aromatic rings. The molecular formula is C18H19ClN4O3. The van der Waals surface area contributed by atoms with Crippen molar-refractivity contribution in [3.8, 4) is 5.75 Å². The van der Waals surface area contributed by atoms with Gasteiger partial charge < -0.3 is 24.5 Å². The van der Waals surface area contributed by atoms with Crippen LogP contribution in [0.3, 0.4) is 0 Å². The number of aryl methyl sites for hydroxylation is 1. The second-order valence-corrected chi connectivity index (χ2v) is 6.79. The third-order valence-electron chi connectivity index (χ3n) is 4.35. The molecule has 1 saturated heterocycles. The summed E-state index contributed by atoms with van der Waals surface area (Å²) in [5.74, 6) is 1.20. The summed E-state index contributed by atoms with van der Waals surface area (Å²) >= 11 is 6.32. The summed E-state index contributed by atoms with van der Waals surface area (Å²) in [6, 6.07) is 7.46. The fourth-order valence-electron chi connectivity index (χ4n) is 2.83. The van der Waals surface area contributed by atoms with Crippen LogP contribution in [0.15, 0.2) is 28.8 Å². The number of carbonyl (C=O) groups is 1. The van der Waals surface area contributed by atoms with Gasteiger partial charge in [-0.15, -0.1) is 0 Å². The van der Waals surface area contributed by atoms with Crippen LogP contribution in [0.4, 0.5) is 4.79 Å². The Morgan fingerprint density at radius 1 is 1.38 bits per heavy atom. The van der Waals surface area contributed by atoms with Gasteiger partial charge in [0, 0.05) is 41.8 Å². The first-order chi connectivity index (χ1) is 12.6. The van der Waals surface area contributed by atoms with Crippen LogP contribution in [-0.4, -0.2) is 34.2 Å². The molecule has 0 aliphatic carbocycles. The molecule has 136 valence electrons. The molecule has 0 unspecified atom stereocenters. The number of amides is 2. The van der Waals surface area contributed by atoms with E-state index in [9.17, 15) is 4.79 Å². The first-order valence-electron chi connectivity index (χ1n) is 8.47. The van der Waals surface area contributed by atoms with Crippen LogP contribution in [0.25, 0.3) is 10.9 Å². The van der Waals surface area contributed by atoms with Crippen LogP contribution in [0.5, 0.6) is 5.75 Å². The van der Waals surface area contributed by atoms with E-state index in [0.29, 0.717) is 23.1 Å². The molecule has 1 aliphatic rings. The molecule has 0 spiro atoms. The van der Waals surface area contributed by atoms with Crippen molar-refractivity contribution in [1.29, 1.82) is 0 Å². The highest BCUT2D eigenvalue weighted by Crippen LogP contribution is 2.31. The lowest BCUT2D eigenvalue weighted by Crippen LogP contribution is -2.47. The largest absolute Gasteiger partial charge is 0.484 e. The van der Waals surface area contributed by atoms with Crippen molar-refractivity contribution >= 4 is 28.5 Å². The number of benzene rings is 1. The van der Waals surface area contributed by atoms with E-state index in [1.807, 2.05) is 31.2 Å². The topological polar surface area (TPSA) is 83.4 Å². The second kappa shape index (κ2) is 6.92. The van der Waals surface area contributed by atoms with Crippen molar-refractivity contribution in [3.63, 3.8) is 0 Å². The van der Waals surface area contributed by atoms with Crippen molar-refractivity contribution < 1.29 is 14.1 Å². The maximum Gasteiger partial charge on any atom is 0.317 e. The van der Waals surface area contributed by atoms with Gasteiger partial charge in [0.25, 0.3) is 0 Å². The van der Waals surface area contributed by atoms with E-state index in [1.54, 1.807) is 4.90 Å². The highest BCUT2D eigenvalue weighted by Gasteiger charge is 2.19. The van der Waals surface area contributed by atoms with Gasteiger partial charge in [-0.1, -0.05) is 16.8 Å². The van der Waals surface area contributed by atoms with Gasteiger partial charge in [0.1, 0.15) is 12.4 Å². The van der Waals surface area contributed by atoms with Gasteiger partial charge in [0.15, 0.2) is 5.76 Å². The van der Waals surface area contributed by atoms with Crippen molar-refractivity contribution in [3.05, 3.63) is 46.4 Å². The molecular weight excluding hydrogens is 356 g/mol. The van der Waals surface area contributed by atoms with Crippen LogP contribution in [-0.2, 0) is 13.2 Å². The number of carbonyl (C=O) groups excluding carboxylic acids is 1. The van der Waals surface area contributed by atoms with Gasteiger partial charge >= 0.3 is 6.03 Å². The number of aromatic nitrogens is 2. The first-order valence-corrected chi connectivity index (χ1v) is 8.85. The lowest BCUT2D eigenvalue weighted by Gasteiger charge is -2.30. The number of hydrogen-bond donors (Lipinski definition) is 2. The second-order valence-electron chi connectivity index (χ2n) is 6.39. The summed E-state index contributed by atoms with van der Waals surface area (Å²) in [5.41, 5.74) is 2.61. The molecule has 8 heteroatoms. The Bertz CT molecular complexity index is 945. The van der Waals surface area contributed by atoms with Crippen LogP contribution >= 0.6 is 11.6 Å². The lowest BCUT2D eigenvalue weighted by atomic mass is 10.2. The number of nitrogens with zero attached hydrogens (tertiary/aromatic N) is 2. The third-order valence-corrected chi connectivity index (χ3v) is 4.64. The minimum atomic E-state index is -0.0284. The number of likely N-dealkylation sites (tertiary alicyclic amines) is 1. The average molecular weight is 375 g/mol. The number of H-pyrrole nitrogens is 1. The summed E-state index contributed by atoms with van der Waals surface area (Å²) in [4.78, 5) is 17.0. The number of rotatable bonds is 5. The highest BCUT2D eigenvalue weighted by atomic mass is 35.5. The Hall–Kier alpha value is -2.67. The average Bonchev–Trinajstić information content (AvgIpc) is 3.14. The van der Waals surface area contributed by atoms with Crippen molar-refractivity contribution in [2.45, 2.75) is 26.5 Å². The number of nitrogens with one attached hydrogen (secondary N) is 2. The molecule has 1 fully saturated rings. The monoisotopic (exact) mass is 374 g/mol. The first kappa shape index (κ1) is 16.8. The molecule has 7 nitrogen and oxygen atoms in total. The Labute approximate surface area is 155 Å². The number of hydrogen-bond acceptors (Lipinski definition) is 4. The molecule has 0 atom stereocenters. The predicted molar refractivity (Wildman–Crippen MR) is 97.3 cm³/mol. The number of fused-ring (bicyclic) bond motifs is 1. The van der Waals surface area contributed by atoms with Crippen molar-refractivity contribution in [1.82, 2.24) is 20.4 Å². The normalized spacial score (nSPS) is 13.7. The van der Waals surface area contributed by atoms with Gasteiger partial charge in [-0.3, -0.25) is 0 Å². The number of ether oxygens (including phenoxy) is 1. The third kappa shape index (κ3) is 3.48. The summed E-state index contributed by atoms with van der Waals surface area (Å²) in [7, 11) is 0. The summed E-state index contributed by atoms with van der Waals surface area (Å²) in [5, 5.41) is 8.22. The van der Waals surface area contributed by atoms with E-state index in [1.165, 1.54) is 0 Å². The molecule has 2 amide bonds. The van der Waals surface area contributed by atoms with Crippen molar-refractivity contribution in [2.24, 2.45) is 0 Å². The van der Waals surface area contributed by atoms with Crippen LogP contribution in [0.2, 0.25) is 5.02 Å². The van der Waals surface area contributed by atoms with E-state index >= 15 is 0 Å². The Morgan fingerprint density at radius 2 is 2.23 bits per heavy atom. The maximum absolute atomic E-state index is 11.9. The zero-order chi connectivity index (χ0) is 18.1. The SMILES string of the molecule is Cc1cc(COc2cc3[nH]c(CNC(=O)N4CCC4)cc3cc2Cl)on1. The molecule has 2 N–H and O–H groups in total. The Morgan fingerprint density at radius 3 is 2.92 bits per heavy atom.